The monoisotopic (exact) mass is 501 g/mol. The zero-order valence-corrected chi connectivity index (χ0v) is 21.3. The highest BCUT2D eigenvalue weighted by molar-refractivity contribution is 6.10. The highest BCUT2D eigenvalue weighted by Gasteiger charge is 2.43. The van der Waals surface area contributed by atoms with E-state index < -0.39 is 18.6 Å². The van der Waals surface area contributed by atoms with Crippen LogP contribution in [0.1, 0.15) is 66.2 Å². The van der Waals surface area contributed by atoms with Crippen molar-refractivity contribution in [1.29, 1.82) is 0 Å². The first-order valence-corrected chi connectivity index (χ1v) is 12.7. The molecular formula is C26H35N3O7. The maximum Gasteiger partial charge on any atom is 0.249 e. The van der Waals surface area contributed by atoms with Gasteiger partial charge in [-0.15, -0.1) is 0 Å². The molecule has 0 unspecified atom stereocenters. The maximum atomic E-state index is 12.9. The molecule has 0 saturated carbocycles. The zero-order chi connectivity index (χ0) is 26.1. The molecule has 10 heteroatoms. The van der Waals surface area contributed by atoms with Crippen molar-refractivity contribution < 1.29 is 33.4 Å². The van der Waals surface area contributed by atoms with Crippen LogP contribution >= 0.6 is 0 Å². The summed E-state index contributed by atoms with van der Waals surface area (Å²) in [6.45, 7) is 7.75. The summed E-state index contributed by atoms with van der Waals surface area (Å²) in [5, 5.41) is 2.96. The third-order valence-electron chi connectivity index (χ3n) is 7.60. The number of ketones is 2. The Morgan fingerprint density at radius 3 is 2.06 bits per heavy atom. The molecule has 0 aromatic carbocycles. The number of rotatable bonds is 7. The second kappa shape index (κ2) is 10.6. The lowest BCUT2D eigenvalue weighted by molar-refractivity contribution is -0.149. The summed E-state index contributed by atoms with van der Waals surface area (Å²) in [5.41, 5.74) is 1.05. The maximum absolute atomic E-state index is 12.9. The SMILES string of the molecule is CC[C@H]1O[C@@H](N2C=C(C)C(=O)CC2=O)C[C@H]1CCNC(=O)[C@H]1O[C@@H](N2C=C(C)C(=O)CC2=O)C[C@H]1C. The molecule has 0 radical (unpaired) electrons. The zero-order valence-electron chi connectivity index (χ0n) is 21.3. The van der Waals surface area contributed by atoms with Crippen LogP contribution < -0.4 is 5.32 Å². The largest absolute Gasteiger partial charge is 0.354 e. The molecule has 6 atom stereocenters. The van der Waals surface area contributed by atoms with Gasteiger partial charge in [0.1, 0.15) is 18.6 Å². The minimum atomic E-state index is -0.680. The van der Waals surface area contributed by atoms with Crippen LogP contribution in [0, 0.1) is 11.8 Å². The first kappa shape index (κ1) is 26.2. The van der Waals surface area contributed by atoms with E-state index in [-0.39, 0.29) is 60.1 Å². The number of carbonyl (C=O) groups excluding carboxylic acids is 5. The quantitative estimate of drug-likeness (QED) is 0.528. The molecule has 4 rings (SSSR count). The Hall–Kier alpha value is -2.85. The summed E-state index contributed by atoms with van der Waals surface area (Å²) in [5.74, 6) is -1.06. The van der Waals surface area contributed by atoms with Gasteiger partial charge in [0.2, 0.25) is 17.7 Å². The number of hydrogen-bond acceptors (Lipinski definition) is 7. The van der Waals surface area contributed by atoms with E-state index in [2.05, 4.69) is 5.32 Å². The molecule has 1 N–H and O–H groups in total. The first-order valence-electron chi connectivity index (χ1n) is 12.7. The van der Waals surface area contributed by atoms with Gasteiger partial charge in [0, 0.05) is 30.1 Å². The van der Waals surface area contributed by atoms with Gasteiger partial charge in [-0.3, -0.25) is 33.8 Å². The Balaban J connectivity index is 1.29. The lowest BCUT2D eigenvalue weighted by Crippen LogP contribution is -2.42. The fourth-order valence-corrected chi connectivity index (χ4v) is 5.40. The predicted molar refractivity (Wildman–Crippen MR) is 128 cm³/mol. The Bertz CT molecular complexity index is 1020. The molecule has 10 nitrogen and oxygen atoms in total. The average Bonchev–Trinajstić information content (AvgIpc) is 3.41. The van der Waals surface area contributed by atoms with Crippen molar-refractivity contribution in [2.75, 3.05) is 6.54 Å². The Morgan fingerprint density at radius 1 is 0.944 bits per heavy atom. The van der Waals surface area contributed by atoms with Gasteiger partial charge in [-0.05, 0) is 51.4 Å². The molecule has 2 saturated heterocycles. The number of hydrogen-bond donors (Lipinski definition) is 1. The number of allylic oxidation sites excluding steroid dienone is 2. The van der Waals surface area contributed by atoms with Crippen LogP contribution in [0.5, 0.6) is 0 Å². The summed E-state index contributed by atoms with van der Waals surface area (Å²) in [7, 11) is 0. The standard InChI is InChI=1S/C26H35N3O7/c1-5-20-17(9-24(35-20)29-13-16(4)19(31)11-22(29)33)6-7-27-26(34)25-14(2)8-23(36-25)28-12-15(3)18(30)10-21(28)32/h12-14,17,20,23-25H,5-11H2,1-4H3,(H,27,34)/t14-,17-,20-,23-,24-,25+/m1/s1. The number of amides is 3. The van der Waals surface area contributed by atoms with E-state index >= 15 is 0 Å². The molecule has 0 aromatic rings. The molecule has 196 valence electrons. The molecule has 0 aromatic heterocycles. The third kappa shape index (κ3) is 5.29. The molecule has 4 aliphatic rings. The molecule has 0 spiro atoms. The van der Waals surface area contributed by atoms with Gasteiger partial charge in [0.25, 0.3) is 0 Å². The summed E-state index contributed by atoms with van der Waals surface area (Å²) in [6, 6.07) is 0. The minimum absolute atomic E-state index is 0.0417. The summed E-state index contributed by atoms with van der Waals surface area (Å²) in [4.78, 5) is 64.1. The van der Waals surface area contributed by atoms with E-state index in [0.29, 0.717) is 37.0 Å². The minimum Gasteiger partial charge on any atom is -0.354 e. The second-order valence-corrected chi connectivity index (χ2v) is 10.3. The average molecular weight is 502 g/mol. The van der Waals surface area contributed by atoms with Crippen LogP contribution in [-0.2, 0) is 33.4 Å². The van der Waals surface area contributed by atoms with E-state index in [9.17, 15) is 24.0 Å². The van der Waals surface area contributed by atoms with Gasteiger partial charge >= 0.3 is 0 Å². The lowest BCUT2D eigenvalue weighted by Gasteiger charge is -2.28. The number of nitrogens with one attached hydrogen (secondary N) is 1. The second-order valence-electron chi connectivity index (χ2n) is 10.3. The molecular weight excluding hydrogens is 466 g/mol. The number of ether oxygens (including phenoxy) is 2. The van der Waals surface area contributed by atoms with E-state index in [4.69, 9.17) is 9.47 Å². The summed E-state index contributed by atoms with van der Waals surface area (Å²) in [6.07, 6.45) is 3.72. The lowest BCUT2D eigenvalue weighted by atomic mass is 9.94. The predicted octanol–water partition coefficient (Wildman–Crippen LogP) is 1.80. The van der Waals surface area contributed by atoms with Crippen LogP contribution in [0.4, 0.5) is 0 Å². The van der Waals surface area contributed by atoms with Crippen LogP contribution in [0.2, 0.25) is 0 Å². The highest BCUT2D eigenvalue weighted by atomic mass is 16.5. The topological polar surface area (TPSA) is 122 Å². The van der Waals surface area contributed by atoms with Crippen molar-refractivity contribution in [3.8, 4) is 0 Å². The van der Waals surface area contributed by atoms with Gasteiger partial charge < -0.3 is 14.8 Å². The molecule has 2 fully saturated rings. The van der Waals surface area contributed by atoms with Crippen molar-refractivity contribution in [3.05, 3.63) is 23.5 Å². The van der Waals surface area contributed by atoms with E-state index in [0.717, 1.165) is 6.42 Å². The Labute approximate surface area is 211 Å². The van der Waals surface area contributed by atoms with Crippen molar-refractivity contribution in [2.45, 2.75) is 90.9 Å². The Kier molecular flexibility index (Phi) is 7.75. The van der Waals surface area contributed by atoms with Crippen LogP contribution in [-0.4, -0.2) is 70.3 Å². The molecule has 4 aliphatic heterocycles. The Morgan fingerprint density at radius 2 is 1.50 bits per heavy atom. The number of nitrogens with zero attached hydrogens (tertiary/aromatic N) is 2. The van der Waals surface area contributed by atoms with E-state index in [1.165, 1.54) is 16.0 Å². The summed E-state index contributed by atoms with van der Waals surface area (Å²) < 4.78 is 12.1. The van der Waals surface area contributed by atoms with Crippen molar-refractivity contribution in [1.82, 2.24) is 15.1 Å². The van der Waals surface area contributed by atoms with E-state index in [1.54, 1.807) is 20.0 Å². The fraction of sp³-hybridized carbons (Fsp3) is 0.654. The van der Waals surface area contributed by atoms with Gasteiger partial charge in [0.15, 0.2) is 11.6 Å². The van der Waals surface area contributed by atoms with Crippen molar-refractivity contribution >= 4 is 29.3 Å². The molecule has 3 amide bonds. The first-order chi connectivity index (χ1) is 17.1. The smallest absolute Gasteiger partial charge is 0.249 e. The van der Waals surface area contributed by atoms with Gasteiger partial charge in [-0.2, -0.15) is 0 Å². The number of carbonyl (C=O) groups is 5. The third-order valence-corrected chi connectivity index (χ3v) is 7.60. The number of Topliss-reactive ketones (excluding diaryl/α,β-unsaturated/α-hetero) is 2. The summed E-state index contributed by atoms with van der Waals surface area (Å²) >= 11 is 0. The van der Waals surface area contributed by atoms with Crippen LogP contribution in [0.15, 0.2) is 23.5 Å². The van der Waals surface area contributed by atoms with Crippen molar-refractivity contribution in [3.63, 3.8) is 0 Å². The molecule has 0 bridgehead atoms. The fourth-order valence-electron chi connectivity index (χ4n) is 5.40. The van der Waals surface area contributed by atoms with Crippen LogP contribution in [0.3, 0.4) is 0 Å². The molecule has 4 heterocycles. The van der Waals surface area contributed by atoms with Crippen molar-refractivity contribution in [2.24, 2.45) is 11.8 Å². The van der Waals surface area contributed by atoms with E-state index in [1.807, 2.05) is 13.8 Å². The van der Waals surface area contributed by atoms with Crippen LogP contribution in [0.25, 0.3) is 0 Å². The molecule has 36 heavy (non-hydrogen) atoms. The van der Waals surface area contributed by atoms with Gasteiger partial charge in [0.05, 0.1) is 18.9 Å². The van der Waals surface area contributed by atoms with Gasteiger partial charge in [-0.25, -0.2) is 0 Å². The highest BCUT2D eigenvalue weighted by Crippen LogP contribution is 2.35. The van der Waals surface area contributed by atoms with Gasteiger partial charge in [-0.1, -0.05) is 13.8 Å². The normalized spacial score (nSPS) is 33.2. The molecule has 0 aliphatic carbocycles.